The van der Waals surface area contributed by atoms with E-state index < -0.39 is 4.92 Å². The fourth-order valence-corrected chi connectivity index (χ4v) is 1.58. The summed E-state index contributed by atoms with van der Waals surface area (Å²) in [5.74, 6) is 0. The summed E-state index contributed by atoms with van der Waals surface area (Å²) < 4.78 is 5.36. The molecule has 1 N–H and O–H groups in total. The lowest BCUT2D eigenvalue weighted by Gasteiger charge is -2.07. The normalized spacial score (nSPS) is 10.3. The molecular formula is C12H17ClN2O3. The van der Waals surface area contributed by atoms with Crippen LogP contribution in [0.25, 0.3) is 0 Å². The molecule has 0 aliphatic rings. The van der Waals surface area contributed by atoms with Crippen LogP contribution in [0.2, 0.25) is 5.02 Å². The number of nitro benzene ring substituents is 1. The van der Waals surface area contributed by atoms with Crippen molar-refractivity contribution in [3.63, 3.8) is 0 Å². The van der Waals surface area contributed by atoms with Crippen LogP contribution >= 0.6 is 11.6 Å². The number of halogens is 1. The van der Waals surface area contributed by atoms with Crippen LogP contribution < -0.4 is 5.32 Å². The second-order valence-electron chi connectivity index (χ2n) is 3.81. The third kappa shape index (κ3) is 4.89. The fourth-order valence-electron chi connectivity index (χ4n) is 1.41. The molecule has 0 aromatic heterocycles. The van der Waals surface area contributed by atoms with Crippen molar-refractivity contribution in [2.45, 2.75) is 19.8 Å². The lowest BCUT2D eigenvalue weighted by atomic mass is 10.2. The van der Waals surface area contributed by atoms with Gasteiger partial charge in [0.15, 0.2) is 0 Å². The summed E-state index contributed by atoms with van der Waals surface area (Å²) in [6.45, 7) is 3.88. The van der Waals surface area contributed by atoms with Crippen molar-refractivity contribution in [3.05, 3.63) is 33.3 Å². The zero-order chi connectivity index (χ0) is 13.4. The van der Waals surface area contributed by atoms with Gasteiger partial charge < -0.3 is 10.1 Å². The summed E-state index contributed by atoms with van der Waals surface area (Å²) in [7, 11) is 0. The summed E-state index contributed by atoms with van der Waals surface area (Å²) in [6, 6.07) is 4.56. The zero-order valence-electron chi connectivity index (χ0n) is 10.3. The van der Waals surface area contributed by atoms with E-state index in [1.54, 1.807) is 12.1 Å². The molecular weight excluding hydrogens is 256 g/mol. The van der Waals surface area contributed by atoms with Crippen LogP contribution in [0, 0.1) is 10.1 Å². The Bertz CT molecular complexity index is 399. The molecule has 6 heteroatoms. The molecule has 0 fully saturated rings. The molecule has 100 valence electrons. The van der Waals surface area contributed by atoms with Crippen LogP contribution in [0.5, 0.6) is 0 Å². The average molecular weight is 273 g/mol. The minimum atomic E-state index is -0.452. The molecule has 0 saturated carbocycles. The number of anilines is 1. The predicted octanol–water partition coefficient (Wildman–Crippen LogP) is 3.48. The van der Waals surface area contributed by atoms with Crippen LogP contribution in [0.1, 0.15) is 19.8 Å². The maximum Gasteiger partial charge on any atom is 0.293 e. The first-order chi connectivity index (χ1) is 8.65. The molecule has 0 aliphatic heterocycles. The molecule has 0 amide bonds. The molecule has 5 nitrogen and oxygen atoms in total. The maximum absolute atomic E-state index is 10.8. The van der Waals surface area contributed by atoms with Crippen molar-refractivity contribution in [2.24, 2.45) is 0 Å². The number of nitrogens with one attached hydrogen (secondary N) is 1. The van der Waals surface area contributed by atoms with Crippen molar-refractivity contribution >= 4 is 23.0 Å². The Morgan fingerprint density at radius 2 is 2.22 bits per heavy atom. The van der Waals surface area contributed by atoms with Gasteiger partial charge in [0.1, 0.15) is 5.69 Å². The highest BCUT2D eigenvalue weighted by Crippen LogP contribution is 2.27. The Morgan fingerprint density at radius 3 is 2.89 bits per heavy atom. The van der Waals surface area contributed by atoms with Crippen LogP contribution in [0.15, 0.2) is 18.2 Å². The monoisotopic (exact) mass is 272 g/mol. The van der Waals surface area contributed by atoms with Gasteiger partial charge in [-0.3, -0.25) is 10.1 Å². The van der Waals surface area contributed by atoms with Crippen molar-refractivity contribution in [2.75, 3.05) is 25.1 Å². The Morgan fingerprint density at radius 1 is 1.44 bits per heavy atom. The number of benzene rings is 1. The first-order valence-electron chi connectivity index (χ1n) is 5.90. The van der Waals surface area contributed by atoms with Gasteiger partial charge >= 0.3 is 0 Å². The van der Waals surface area contributed by atoms with Gasteiger partial charge in [-0.05, 0) is 18.6 Å². The summed E-state index contributed by atoms with van der Waals surface area (Å²) in [6.07, 6.45) is 2.12. The number of nitrogens with zero attached hydrogens (tertiary/aromatic N) is 1. The molecule has 0 heterocycles. The average Bonchev–Trinajstić information content (AvgIpc) is 2.35. The minimum absolute atomic E-state index is 0.0175. The van der Waals surface area contributed by atoms with Crippen molar-refractivity contribution in [3.8, 4) is 0 Å². The molecule has 0 aliphatic carbocycles. The number of rotatable bonds is 8. The van der Waals surface area contributed by atoms with Crippen molar-refractivity contribution in [1.82, 2.24) is 0 Å². The lowest BCUT2D eigenvalue weighted by Crippen LogP contribution is -2.11. The van der Waals surface area contributed by atoms with E-state index in [1.165, 1.54) is 6.07 Å². The van der Waals surface area contributed by atoms with E-state index in [-0.39, 0.29) is 5.69 Å². The van der Waals surface area contributed by atoms with E-state index in [0.29, 0.717) is 23.9 Å². The topological polar surface area (TPSA) is 64.4 Å². The summed E-state index contributed by atoms with van der Waals surface area (Å²) in [5.41, 5.74) is 0.444. The standard InChI is InChI=1S/C12H17ClN2O3/c1-2-3-7-18-8-6-14-11-5-4-10(13)9-12(11)15(16)17/h4-5,9,14H,2-3,6-8H2,1H3. The first kappa shape index (κ1) is 14.7. The first-order valence-corrected chi connectivity index (χ1v) is 6.28. The van der Waals surface area contributed by atoms with Crippen LogP contribution in [0.4, 0.5) is 11.4 Å². The summed E-state index contributed by atoms with van der Waals surface area (Å²) in [5, 5.41) is 14.2. The van der Waals surface area contributed by atoms with Crippen molar-refractivity contribution < 1.29 is 9.66 Å². The Balaban J connectivity index is 2.44. The molecule has 0 bridgehead atoms. The number of ether oxygens (including phenoxy) is 1. The van der Waals surface area contributed by atoms with Gasteiger partial charge in [0, 0.05) is 24.2 Å². The number of unbranched alkanes of at least 4 members (excludes halogenated alkanes) is 1. The lowest BCUT2D eigenvalue weighted by molar-refractivity contribution is -0.383. The Labute approximate surface area is 111 Å². The molecule has 18 heavy (non-hydrogen) atoms. The smallest absolute Gasteiger partial charge is 0.293 e. The third-order valence-corrected chi connectivity index (χ3v) is 2.60. The van der Waals surface area contributed by atoms with E-state index in [9.17, 15) is 10.1 Å². The second kappa shape index (κ2) is 7.89. The second-order valence-corrected chi connectivity index (χ2v) is 4.25. The van der Waals surface area contributed by atoms with E-state index in [1.807, 2.05) is 0 Å². The van der Waals surface area contributed by atoms with Crippen LogP contribution in [0.3, 0.4) is 0 Å². The van der Waals surface area contributed by atoms with Gasteiger partial charge in [-0.1, -0.05) is 24.9 Å². The molecule has 0 unspecified atom stereocenters. The molecule has 1 aromatic rings. The predicted molar refractivity (Wildman–Crippen MR) is 72.3 cm³/mol. The zero-order valence-corrected chi connectivity index (χ0v) is 11.1. The molecule has 0 radical (unpaired) electrons. The van der Waals surface area contributed by atoms with Crippen LogP contribution in [-0.4, -0.2) is 24.7 Å². The minimum Gasteiger partial charge on any atom is -0.380 e. The number of hydrogen-bond donors (Lipinski definition) is 1. The summed E-state index contributed by atoms with van der Waals surface area (Å²) in [4.78, 5) is 10.4. The van der Waals surface area contributed by atoms with Crippen LogP contribution in [-0.2, 0) is 4.74 Å². The maximum atomic E-state index is 10.8. The van der Waals surface area contributed by atoms with Crippen molar-refractivity contribution in [1.29, 1.82) is 0 Å². The highest BCUT2D eigenvalue weighted by molar-refractivity contribution is 6.30. The SMILES string of the molecule is CCCCOCCNc1ccc(Cl)cc1[N+](=O)[O-]. The van der Waals surface area contributed by atoms with E-state index in [0.717, 1.165) is 19.4 Å². The number of nitro groups is 1. The molecule has 0 spiro atoms. The third-order valence-electron chi connectivity index (χ3n) is 2.36. The largest absolute Gasteiger partial charge is 0.380 e. The highest BCUT2D eigenvalue weighted by Gasteiger charge is 2.13. The molecule has 1 aromatic carbocycles. The molecule has 1 rings (SSSR count). The fraction of sp³-hybridized carbons (Fsp3) is 0.500. The summed E-state index contributed by atoms with van der Waals surface area (Å²) >= 11 is 5.72. The van der Waals surface area contributed by atoms with Gasteiger partial charge in [0.25, 0.3) is 5.69 Å². The Hall–Kier alpha value is -1.33. The van der Waals surface area contributed by atoms with Gasteiger partial charge in [0.2, 0.25) is 0 Å². The van der Waals surface area contributed by atoms with E-state index in [2.05, 4.69) is 12.2 Å². The van der Waals surface area contributed by atoms with E-state index in [4.69, 9.17) is 16.3 Å². The molecule has 0 saturated heterocycles. The van der Waals surface area contributed by atoms with Gasteiger partial charge in [-0.2, -0.15) is 0 Å². The molecule has 0 atom stereocenters. The van der Waals surface area contributed by atoms with Gasteiger partial charge in [0.05, 0.1) is 11.5 Å². The number of hydrogen-bond acceptors (Lipinski definition) is 4. The highest BCUT2D eigenvalue weighted by atomic mass is 35.5. The van der Waals surface area contributed by atoms with Gasteiger partial charge in [-0.25, -0.2) is 0 Å². The van der Waals surface area contributed by atoms with Gasteiger partial charge in [-0.15, -0.1) is 0 Å². The van der Waals surface area contributed by atoms with E-state index >= 15 is 0 Å². The Kier molecular flexibility index (Phi) is 6.46. The quantitative estimate of drug-likeness (QED) is 0.447.